The second-order valence-corrected chi connectivity index (χ2v) is 7.35. The highest BCUT2D eigenvalue weighted by molar-refractivity contribution is 7.90. The van der Waals surface area contributed by atoms with Crippen LogP contribution in [0, 0.1) is 0 Å². The van der Waals surface area contributed by atoms with Crippen LogP contribution in [0.4, 0.5) is 0 Å². The van der Waals surface area contributed by atoms with Crippen LogP contribution in [0.5, 0.6) is 0 Å². The van der Waals surface area contributed by atoms with Crippen molar-refractivity contribution in [2.75, 3.05) is 12.3 Å². The van der Waals surface area contributed by atoms with Gasteiger partial charge in [0.15, 0.2) is 0 Å². The minimum atomic E-state index is -4.42. The molecule has 0 spiro atoms. The summed E-state index contributed by atoms with van der Waals surface area (Å²) in [5.41, 5.74) is 0.0625. The fourth-order valence-electron chi connectivity index (χ4n) is 1.84. The highest BCUT2D eigenvalue weighted by atomic mass is 32.2. The zero-order valence-electron chi connectivity index (χ0n) is 9.64. The molecule has 1 heterocycles. The van der Waals surface area contributed by atoms with Gasteiger partial charge in [-0.2, -0.15) is 0 Å². The average Bonchev–Trinajstić information content (AvgIpc) is 2.49. The molecule has 9 heteroatoms. The van der Waals surface area contributed by atoms with Crippen molar-refractivity contribution >= 4 is 26.0 Å². The Bertz CT molecular complexity index is 722. The third-order valence-electron chi connectivity index (χ3n) is 2.67. The van der Waals surface area contributed by atoms with Gasteiger partial charge in [0.05, 0.1) is 15.7 Å². The summed E-state index contributed by atoms with van der Waals surface area (Å²) >= 11 is 0. The van der Waals surface area contributed by atoms with Crippen molar-refractivity contribution in [2.24, 2.45) is 0 Å². The van der Waals surface area contributed by atoms with Gasteiger partial charge >= 0.3 is 0 Å². The van der Waals surface area contributed by atoms with Crippen molar-refractivity contribution in [1.82, 2.24) is 4.31 Å². The molecular weight excluding hydrogens is 294 g/mol. The lowest BCUT2D eigenvalue weighted by Gasteiger charge is -2.15. The first-order chi connectivity index (χ1) is 8.73. The Kier molecular flexibility index (Phi) is 3.37. The maximum Gasteiger partial charge on any atom is 0.269 e. The fourth-order valence-corrected chi connectivity index (χ4v) is 3.93. The number of fused-ring (bicyclic) bond motifs is 1. The minimum absolute atomic E-state index is 0.0625. The predicted octanol–water partition coefficient (Wildman–Crippen LogP) is -0.234. The molecule has 0 bridgehead atoms. The summed E-state index contributed by atoms with van der Waals surface area (Å²) in [6.07, 6.45) is -0.217. The maximum absolute atomic E-state index is 12.0. The van der Waals surface area contributed by atoms with Gasteiger partial charge in [-0.15, -0.1) is 0 Å². The van der Waals surface area contributed by atoms with Crippen LogP contribution >= 0.6 is 0 Å². The lowest BCUT2D eigenvalue weighted by atomic mass is 10.2. The van der Waals surface area contributed by atoms with Gasteiger partial charge < -0.3 is 4.55 Å². The number of nitrogens with zero attached hydrogens (tertiary/aromatic N) is 1. The quantitative estimate of drug-likeness (QED) is 0.710. The Morgan fingerprint density at radius 1 is 1.21 bits per heavy atom. The molecule has 0 saturated heterocycles. The molecule has 1 aliphatic heterocycles. The van der Waals surface area contributed by atoms with Gasteiger partial charge in [0.25, 0.3) is 15.9 Å². The van der Waals surface area contributed by atoms with E-state index in [9.17, 15) is 26.2 Å². The first kappa shape index (κ1) is 14.0. The molecule has 0 aromatic heterocycles. The van der Waals surface area contributed by atoms with E-state index in [2.05, 4.69) is 0 Å². The Balaban J connectivity index is 2.24. The Morgan fingerprint density at radius 2 is 1.84 bits per heavy atom. The van der Waals surface area contributed by atoms with Crippen molar-refractivity contribution in [3.05, 3.63) is 29.8 Å². The third-order valence-corrected chi connectivity index (χ3v) is 5.30. The number of hydrogen-bond donors (Lipinski definition) is 0. The van der Waals surface area contributed by atoms with Crippen LogP contribution in [0.1, 0.15) is 16.8 Å². The zero-order chi connectivity index (χ0) is 14.3. The lowest BCUT2D eigenvalue weighted by molar-refractivity contribution is 0.0871. The van der Waals surface area contributed by atoms with Crippen molar-refractivity contribution in [3.8, 4) is 0 Å². The molecule has 104 valence electrons. The van der Waals surface area contributed by atoms with Crippen molar-refractivity contribution in [1.29, 1.82) is 0 Å². The van der Waals surface area contributed by atoms with Crippen molar-refractivity contribution in [2.45, 2.75) is 11.3 Å². The number of amides is 1. The van der Waals surface area contributed by atoms with E-state index in [1.165, 1.54) is 24.3 Å². The molecule has 1 aromatic rings. The molecule has 0 N–H and O–H groups in total. The van der Waals surface area contributed by atoms with E-state index >= 15 is 0 Å². The molecule has 0 fully saturated rings. The number of hydrogen-bond acceptors (Lipinski definition) is 6. The Labute approximate surface area is 110 Å². The largest absolute Gasteiger partial charge is 0.748 e. The lowest BCUT2D eigenvalue weighted by Crippen LogP contribution is -2.32. The molecule has 1 amide bonds. The summed E-state index contributed by atoms with van der Waals surface area (Å²) in [5, 5.41) is 0. The van der Waals surface area contributed by atoms with Crippen LogP contribution in [0.3, 0.4) is 0 Å². The average molecular weight is 304 g/mol. The summed E-state index contributed by atoms with van der Waals surface area (Å²) in [6.45, 7) is -0.322. The second kappa shape index (κ2) is 4.58. The second-order valence-electron chi connectivity index (χ2n) is 3.99. The molecule has 0 radical (unpaired) electrons. The Hall–Kier alpha value is -1.45. The van der Waals surface area contributed by atoms with Gasteiger partial charge in [-0.1, -0.05) is 12.1 Å². The Morgan fingerprint density at radius 3 is 2.42 bits per heavy atom. The molecule has 7 nitrogen and oxygen atoms in total. The summed E-state index contributed by atoms with van der Waals surface area (Å²) < 4.78 is 56.0. The molecule has 1 aliphatic rings. The van der Waals surface area contributed by atoms with E-state index in [1.54, 1.807) is 0 Å². The topological polar surface area (TPSA) is 112 Å². The molecule has 0 atom stereocenters. The summed E-state index contributed by atoms with van der Waals surface area (Å²) in [4.78, 5) is 11.8. The van der Waals surface area contributed by atoms with Crippen LogP contribution in [0.2, 0.25) is 0 Å². The fraction of sp³-hybridized carbons (Fsp3) is 0.300. The molecule has 19 heavy (non-hydrogen) atoms. The van der Waals surface area contributed by atoms with Crippen LogP contribution < -0.4 is 0 Å². The monoisotopic (exact) mass is 304 g/mol. The first-order valence-electron chi connectivity index (χ1n) is 5.33. The first-order valence-corrected chi connectivity index (χ1v) is 8.35. The molecule has 0 unspecified atom stereocenters. The van der Waals surface area contributed by atoms with Gasteiger partial charge in [0.2, 0.25) is 0 Å². The smallest absolute Gasteiger partial charge is 0.269 e. The summed E-state index contributed by atoms with van der Waals surface area (Å²) in [7, 11) is -8.35. The van der Waals surface area contributed by atoms with E-state index in [4.69, 9.17) is 0 Å². The predicted molar refractivity (Wildman–Crippen MR) is 63.8 cm³/mol. The minimum Gasteiger partial charge on any atom is -0.748 e. The molecule has 1 aromatic carbocycles. The number of carbonyl (C=O) groups is 1. The van der Waals surface area contributed by atoms with E-state index in [-0.39, 0.29) is 23.4 Å². The summed E-state index contributed by atoms with van der Waals surface area (Å²) in [5.74, 6) is -1.40. The van der Waals surface area contributed by atoms with E-state index in [1.807, 2.05) is 0 Å². The zero-order valence-corrected chi connectivity index (χ0v) is 11.3. The van der Waals surface area contributed by atoms with Gasteiger partial charge in [0, 0.05) is 12.3 Å². The number of benzene rings is 1. The standard InChI is InChI=1S/C10H11NO6S2/c12-10-8-4-1-2-5-9(8)19(16,17)11(10)6-3-7-18(13,14)15/h1-2,4-5H,3,6-7H2,(H,13,14,15)/p-1. The van der Waals surface area contributed by atoms with Gasteiger partial charge in [-0.25, -0.2) is 21.1 Å². The number of rotatable bonds is 4. The van der Waals surface area contributed by atoms with E-state index < -0.39 is 31.8 Å². The SMILES string of the molecule is O=C1c2ccccc2S(=O)(=O)N1CCCS(=O)(=O)[O-]. The molecule has 0 saturated carbocycles. The molecular formula is C10H10NO6S2-. The highest BCUT2D eigenvalue weighted by Gasteiger charge is 2.40. The normalized spacial score (nSPS) is 17.5. The summed E-state index contributed by atoms with van der Waals surface area (Å²) in [6, 6.07) is 5.74. The number of sulfonamides is 1. The van der Waals surface area contributed by atoms with Crippen molar-refractivity contribution < 1.29 is 26.2 Å². The van der Waals surface area contributed by atoms with Crippen molar-refractivity contribution in [3.63, 3.8) is 0 Å². The van der Waals surface area contributed by atoms with Crippen LogP contribution in [-0.2, 0) is 20.1 Å². The van der Waals surface area contributed by atoms with Crippen LogP contribution in [0.25, 0.3) is 0 Å². The van der Waals surface area contributed by atoms with Gasteiger partial charge in [-0.05, 0) is 18.6 Å². The van der Waals surface area contributed by atoms with Crippen LogP contribution in [-0.4, -0.2) is 43.9 Å². The molecule has 0 aliphatic carbocycles. The third kappa shape index (κ3) is 2.62. The molecule has 2 rings (SSSR count). The van der Waals surface area contributed by atoms with E-state index in [0.29, 0.717) is 4.31 Å². The highest BCUT2D eigenvalue weighted by Crippen LogP contribution is 2.29. The van der Waals surface area contributed by atoms with Gasteiger partial charge in [0.1, 0.15) is 4.90 Å². The van der Waals surface area contributed by atoms with Gasteiger partial charge in [-0.3, -0.25) is 4.79 Å². The van der Waals surface area contributed by atoms with E-state index in [0.717, 1.165) is 0 Å². The maximum atomic E-state index is 12.0. The number of carbonyl (C=O) groups excluding carboxylic acids is 1. The van der Waals surface area contributed by atoms with Crippen LogP contribution in [0.15, 0.2) is 29.2 Å².